The summed E-state index contributed by atoms with van der Waals surface area (Å²) in [5.74, 6) is -1.09. The third-order valence-electron chi connectivity index (χ3n) is 4.83. The van der Waals surface area contributed by atoms with Crippen molar-refractivity contribution < 1.29 is 43.0 Å². The number of hydrogen-bond acceptors (Lipinski definition) is 9. The van der Waals surface area contributed by atoms with Gasteiger partial charge in [0.05, 0.1) is 0 Å². The standard InChI is InChI=1S/C22H37N5O9/c1-3-23-21(32)35-14-16(15-36-22(33)24-4-2)34-13-5-6-17(28)25-10-11-26-18(29)9-12-27-19(30)7-8-20(27)31/h16H,3-15H2,1-2H3,(H,23,32)(H,24,33)(H,25,28)(H,26,29). The molecule has 0 radical (unpaired) electrons. The fourth-order valence-electron chi connectivity index (χ4n) is 3.02. The maximum atomic E-state index is 12.0. The fourth-order valence-corrected chi connectivity index (χ4v) is 3.02. The number of carbonyl (C=O) groups excluding carboxylic acids is 6. The zero-order valence-electron chi connectivity index (χ0n) is 20.9. The van der Waals surface area contributed by atoms with Crippen LogP contribution in [0.2, 0.25) is 0 Å². The van der Waals surface area contributed by atoms with E-state index in [9.17, 15) is 28.8 Å². The van der Waals surface area contributed by atoms with Crippen LogP contribution in [-0.4, -0.2) is 99.4 Å². The van der Waals surface area contributed by atoms with Gasteiger partial charge in [0, 0.05) is 65.0 Å². The Morgan fingerprint density at radius 2 is 1.31 bits per heavy atom. The van der Waals surface area contributed by atoms with Crippen molar-refractivity contribution in [3.05, 3.63) is 0 Å². The quantitative estimate of drug-likeness (QED) is 0.145. The fraction of sp³-hybridized carbons (Fsp3) is 0.727. The predicted octanol–water partition coefficient (Wildman–Crippen LogP) is -0.584. The molecule has 0 aromatic carbocycles. The molecule has 0 aromatic rings. The molecule has 1 heterocycles. The normalized spacial score (nSPS) is 12.9. The third kappa shape index (κ3) is 13.5. The van der Waals surface area contributed by atoms with Gasteiger partial charge in [-0.2, -0.15) is 0 Å². The first-order chi connectivity index (χ1) is 17.3. The lowest BCUT2D eigenvalue weighted by Crippen LogP contribution is -2.37. The van der Waals surface area contributed by atoms with E-state index in [-0.39, 0.29) is 88.8 Å². The molecule has 6 amide bonds. The molecule has 36 heavy (non-hydrogen) atoms. The summed E-state index contributed by atoms with van der Waals surface area (Å²) in [5, 5.41) is 10.2. The number of imide groups is 1. The van der Waals surface area contributed by atoms with Crippen LogP contribution in [0.1, 0.15) is 46.0 Å². The smallest absolute Gasteiger partial charge is 0.407 e. The molecule has 1 saturated heterocycles. The molecule has 0 aromatic heterocycles. The predicted molar refractivity (Wildman–Crippen MR) is 126 cm³/mol. The molecule has 204 valence electrons. The number of amides is 6. The van der Waals surface area contributed by atoms with Gasteiger partial charge in [-0.25, -0.2) is 9.59 Å². The number of nitrogens with one attached hydrogen (secondary N) is 4. The number of carbonyl (C=O) groups is 6. The minimum atomic E-state index is -0.695. The first-order valence-electron chi connectivity index (χ1n) is 12.1. The van der Waals surface area contributed by atoms with Gasteiger partial charge in [-0.15, -0.1) is 0 Å². The molecule has 0 unspecified atom stereocenters. The van der Waals surface area contributed by atoms with Crippen molar-refractivity contribution in [2.24, 2.45) is 0 Å². The van der Waals surface area contributed by atoms with Gasteiger partial charge in [0.15, 0.2) is 0 Å². The summed E-state index contributed by atoms with van der Waals surface area (Å²) in [7, 11) is 0. The summed E-state index contributed by atoms with van der Waals surface area (Å²) in [6.07, 6.45) is -1.01. The van der Waals surface area contributed by atoms with Crippen molar-refractivity contribution in [3.8, 4) is 0 Å². The number of nitrogens with zero attached hydrogens (tertiary/aromatic N) is 1. The van der Waals surface area contributed by atoms with E-state index in [4.69, 9.17) is 14.2 Å². The maximum absolute atomic E-state index is 12.0. The van der Waals surface area contributed by atoms with E-state index < -0.39 is 18.3 Å². The lowest BCUT2D eigenvalue weighted by Gasteiger charge is -2.18. The lowest BCUT2D eigenvalue weighted by atomic mass is 10.3. The van der Waals surface area contributed by atoms with E-state index in [1.807, 2.05) is 0 Å². The molecular weight excluding hydrogens is 478 g/mol. The van der Waals surface area contributed by atoms with Crippen molar-refractivity contribution >= 4 is 35.8 Å². The molecule has 4 N–H and O–H groups in total. The monoisotopic (exact) mass is 515 g/mol. The molecule has 0 atom stereocenters. The Balaban J connectivity index is 2.19. The van der Waals surface area contributed by atoms with Crippen molar-refractivity contribution in [1.82, 2.24) is 26.2 Å². The Labute approximate surface area is 210 Å². The maximum Gasteiger partial charge on any atom is 0.407 e. The molecular formula is C22H37N5O9. The molecule has 1 aliphatic rings. The second-order valence-corrected chi connectivity index (χ2v) is 7.74. The van der Waals surface area contributed by atoms with Crippen LogP contribution in [0.25, 0.3) is 0 Å². The van der Waals surface area contributed by atoms with E-state index in [2.05, 4.69) is 21.3 Å². The minimum Gasteiger partial charge on any atom is -0.447 e. The third-order valence-corrected chi connectivity index (χ3v) is 4.83. The van der Waals surface area contributed by atoms with Gasteiger partial charge in [0.25, 0.3) is 0 Å². The summed E-state index contributed by atoms with van der Waals surface area (Å²) in [5.41, 5.74) is 0. The van der Waals surface area contributed by atoms with Gasteiger partial charge in [0.1, 0.15) is 19.3 Å². The van der Waals surface area contributed by atoms with Crippen LogP contribution in [0.15, 0.2) is 0 Å². The molecule has 14 heteroatoms. The minimum absolute atomic E-state index is 0.0115. The SMILES string of the molecule is CCNC(=O)OCC(COC(=O)NCC)OCCCC(=O)NCCNC(=O)CCN1C(=O)CCC1=O. The molecule has 1 fully saturated rings. The van der Waals surface area contributed by atoms with E-state index >= 15 is 0 Å². The van der Waals surface area contributed by atoms with E-state index in [0.29, 0.717) is 19.5 Å². The number of alkyl carbamates (subject to hydrolysis) is 2. The summed E-state index contributed by atoms with van der Waals surface area (Å²) >= 11 is 0. The van der Waals surface area contributed by atoms with Crippen LogP contribution in [0, 0.1) is 0 Å². The highest BCUT2D eigenvalue weighted by atomic mass is 16.6. The van der Waals surface area contributed by atoms with Gasteiger partial charge in [-0.05, 0) is 20.3 Å². The number of likely N-dealkylation sites (tertiary alicyclic amines) is 1. The highest BCUT2D eigenvalue weighted by molar-refractivity contribution is 6.02. The topological polar surface area (TPSA) is 181 Å². The van der Waals surface area contributed by atoms with Crippen LogP contribution in [0.5, 0.6) is 0 Å². The number of rotatable bonds is 17. The van der Waals surface area contributed by atoms with Crippen LogP contribution in [-0.2, 0) is 33.4 Å². The average molecular weight is 516 g/mol. The summed E-state index contributed by atoms with van der Waals surface area (Å²) in [4.78, 5) is 70.9. The lowest BCUT2D eigenvalue weighted by molar-refractivity contribution is -0.138. The van der Waals surface area contributed by atoms with E-state index in [0.717, 1.165) is 4.90 Å². The van der Waals surface area contributed by atoms with Gasteiger partial charge >= 0.3 is 12.2 Å². The molecule has 0 bridgehead atoms. The van der Waals surface area contributed by atoms with Crippen molar-refractivity contribution in [2.45, 2.75) is 52.1 Å². The Hall–Kier alpha value is -3.42. The summed E-state index contributed by atoms with van der Waals surface area (Å²) in [6.45, 7) is 4.69. The molecule has 0 spiro atoms. The molecule has 0 saturated carbocycles. The van der Waals surface area contributed by atoms with Gasteiger partial charge in [0.2, 0.25) is 23.6 Å². The van der Waals surface area contributed by atoms with E-state index in [1.54, 1.807) is 13.8 Å². The van der Waals surface area contributed by atoms with Crippen molar-refractivity contribution in [2.75, 3.05) is 52.5 Å². The second kappa shape index (κ2) is 17.9. The largest absolute Gasteiger partial charge is 0.447 e. The van der Waals surface area contributed by atoms with Crippen LogP contribution in [0.4, 0.5) is 9.59 Å². The summed E-state index contributed by atoms with van der Waals surface area (Å²) in [6, 6.07) is 0. The van der Waals surface area contributed by atoms with Crippen LogP contribution in [0.3, 0.4) is 0 Å². The Morgan fingerprint density at radius 3 is 1.81 bits per heavy atom. The van der Waals surface area contributed by atoms with Crippen molar-refractivity contribution in [1.29, 1.82) is 0 Å². The molecule has 0 aliphatic carbocycles. The highest BCUT2D eigenvalue weighted by Crippen LogP contribution is 2.11. The first kappa shape index (κ1) is 30.6. The molecule has 1 rings (SSSR count). The Bertz CT molecular complexity index is 724. The average Bonchev–Trinajstić information content (AvgIpc) is 3.16. The molecule has 14 nitrogen and oxygen atoms in total. The summed E-state index contributed by atoms with van der Waals surface area (Å²) < 4.78 is 15.6. The molecule has 1 aliphatic heterocycles. The van der Waals surface area contributed by atoms with Crippen LogP contribution < -0.4 is 21.3 Å². The second-order valence-electron chi connectivity index (χ2n) is 7.74. The highest BCUT2D eigenvalue weighted by Gasteiger charge is 2.28. The first-order valence-corrected chi connectivity index (χ1v) is 12.1. The zero-order chi connectivity index (χ0) is 26.8. The number of hydrogen-bond donors (Lipinski definition) is 4. The Kier molecular flexibility index (Phi) is 15.2. The number of ether oxygens (including phenoxy) is 3. The van der Waals surface area contributed by atoms with Crippen LogP contribution >= 0.6 is 0 Å². The van der Waals surface area contributed by atoms with Gasteiger partial charge < -0.3 is 35.5 Å². The van der Waals surface area contributed by atoms with Gasteiger partial charge in [-0.3, -0.25) is 24.1 Å². The van der Waals surface area contributed by atoms with Gasteiger partial charge in [-0.1, -0.05) is 0 Å². The Morgan fingerprint density at radius 1 is 0.806 bits per heavy atom. The van der Waals surface area contributed by atoms with E-state index in [1.165, 1.54) is 0 Å². The zero-order valence-corrected chi connectivity index (χ0v) is 20.9. The van der Waals surface area contributed by atoms with Crippen molar-refractivity contribution in [3.63, 3.8) is 0 Å².